The lowest BCUT2D eigenvalue weighted by molar-refractivity contribution is 0.0703. The fourth-order valence-electron chi connectivity index (χ4n) is 1.57. The molecular formula is C10H20O. The normalized spacial score (nSPS) is 25.9. The minimum Gasteiger partial charge on any atom is -0.378 e. The van der Waals surface area contributed by atoms with Crippen LogP contribution in [0.3, 0.4) is 0 Å². The lowest BCUT2D eigenvalue weighted by Crippen LogP contribution is -2.19. The van der Waals surface area contributed by atoms with Crippen LogP contribution < -0.4 is 0 Å². The van der Waals surface area contributed by atoms with Gasteiger partial charge in [0.05, 0.1) is 6.10 Å². The third kappa shape index (κ3) is 2.82. The van der Waals surface area contributed by atoms with Crippen molar-refractivity contribution in [1.82, 2.24) is 0 Å². The van der Waals surface area contributed by atoms with Crippen LogP contribution in [0.1, 0.15) is 46.5 Å². The van der Waals surface area contributed by atoms with Gasteiger partial charge in [-0.2, -0.15) is 0 Å². The van der Waals surface area contributed by atoms with E-state index >= 15 is 0 Å². The smallest absolute Gasteiger partial charge is 0.0581 e. The van der Waals surface area contributed by atoms with Gasteiger partial charge in [-0.05, 0) is 24.7 Å². The molecule has 0 spiro atoms. The van der Waals surface area contributed by atoms with Gasteiger partial charge < -0.3 is 4.74 Å². The molecule has 0 bridgehead atoms. The van der Waals surface area contributed by atoms with Gasteiger partial charge in [0.15, 0.2) is 0 Å². The van der Waals surface area contributed by atoms with Crippen LogP contribution in [-0.2, 0) is 4.74 Å². The molecule has 1 atom stereocenters. The lowest BCUT2D eigenvalue weighted by atomic mass is 9.83. The summed E-state index contributed by atoms with van der Waals surface area (Å²) in [7, 11) is 0. The maximum absolute atomic E-state index is 5.59. The van der Waals surface area contributed by atoms with Crippen molar-refractivity contribution in [2.45, 2.75) is 52.6 Å². The first-order valence-corrected chi connectivity index (χ1v) is 4.76. The van der Waals surface area contributed by atoms with Crippen molar-refractivity contribution in [3.8, 4) is 0 Å². The average Bonchev–Trinajstić information content (AvgIpc) is 2.39. The van der Waals surface area contributed by atoms with E-state index in [0.717, 1.165) is 6.61 Å². The summed E-state index contributed by atoms with van der Waals surface area (Å²) in [6, 6.07) is 0. The van der Waals surface area contributed by atoms with Gasteiger partial charge in [0, 0.05) is 6.61 Å². The Hall–Kier alpha value is -0.0400. The van der Waals surface area contributed by atoms with Crippen LogP contribution in [-0.4, -0.2) is 12.7 Å². The van der Waals surface area contributed by atoms with E-state index in [1.165, 1.54) is 25.7 Å². The highest BCUT2D eigenvalue weighted by molar-refractivity contribution is 4.75. The van der Waals surface area contributed by atoms with E-state index in [9.17, 15) is 0 Å². The zero-order valence-electron chi connectivity index (χ0n) is 8.02. The molecule has 1 saturated heterocycles. The first-order chi connectivity index (χ1) is 5.14. The molecule has 66 valence electrons. The average molecular weight is 156 g/mol. The molecule has 1 unspecified atom stereocenters. The van der Waals surface area contributed by atoms with Crippen LogP contribution in [0.2, 0.25) is 0 Å². The van der Waals surface area contributed by atoms with Gasteiger partial charge in [-0.3, -0.25) is 0 Å². The van der Waals surface area contributed by atoms with Gasteiger partial charge in [-0.15, -0.1) is 0 Å². The highest BCUT2D eigenvalue weighted by atomic mass is 16.5. The second-order valence-corrected chi connectivity index (χ2v) is 4.36. The second kappa shape index (κ2) is 3.57. The minimum atomic E-state index is 0.481. The summed E-state index contributed by atoms with van der Waals surface area (Å²) in [4.78, 5) is 0. The summed E-state index contributed by atoms with van der Waals surface area (Å²) >= 11 is 0. The summed E-state index contributed by atoms with van der Waals surface area (Å²) in [5, 5.41) is 0. The van der Waals surface area contributed by atoms with E-state index in [1.54, 1.807) is 0 Å². The molecule has 1 rings (SSSR count). The summed E-state index contributed by atoms with van der Waals surface area (Å²) < 4.78 is 5.59. The SMILES string of the molecule is CCC(C)(C)CC1CCCO1. The Morgan fingerprint density at radius 1 is 1.45 bits per heavy atom. The van der Waals surface area contributed by atoms with E-state index in [-0.39, 0.29) is 0 Å². The molecule has 11 heavy (non-hydrogen) atoms. The minimum absolute atomic E-state index is 0.481. The highest BCUT2D eigenvalue weighted by Crippen LogP contribution is 2.30. The van der Waals surface area contributed by atoms with Gasteiger partial charge in [-0.1, -0.05) is 27.2 Å². The maximum Gasteiger partial charge on any atom is 0.0581 e. The van der Waals surface area contributed by atoms with Crippen LogP contribution in [0, 0.1) is 5.41 Å². The number of ether oxygens (including phenoxy) is 1. The predicted octanol–water partition coefficient (Wildman–Crippen LogP) is 2.99. The van der Waals surface area contributed by atoms with E-state index in [2.05, 4.69) is 20.8 Å². The molecule has 0 aromatic rings. The number of hydrogen-bond donors (Lipinski definition) is 0. The Bertz CT molecular complexity index is 112. The van der Waals surface area contributed by atoms with Gasteiger partial charge in [0.1, 0.15) is 0 Å². The third-order valence-corrected chi connectivity index (χ3v) is 2.76. The monoisotopic (exact) mass is 156 g/mol. The van der Waals surface area contributed by atoms with Crippen LogP contribution in [0.15, 0.2) is 0 Å². The highest BCUT2D eigenvalue weighted by Gasteiger charge is 2.24. The van der Waals surface area contributed by atoms with E-state index < -0.39 is 0 Å². The van der Waals surface area contributed by atoms with Gasteiger partial charge >= 0.3 is 0 Å². The summed E-state index contributed by atoms with van der Waals surface area (Å²) in [5.41, 5.74) is 0.481. The molecule has 0 aliphatic carbocycles. The molecule has 0 saturated carbocycles. The molecule has 0 N–H and O–H groups in total. The van der Waals surface area contributed by atoms with Crippen LogP contribution in [0.5, 0.6) is 0 Å². The van der Waals surface area contributed by atoms with Gasteiger partial charge in [0.25, 0.3) is 0 Å². The van der Waals surface area contributed by atoms with E-state index in [0.29, 0.717) is 11.5 Å². The van der Waals surface area contributed by atoms with Gasteiger partial charge in [0.2, 0.25) is 0 Å². The maximum atomic E-state index is 5.59. The predicted molar refractivity (Wildman–Crippen MR) is 47.7 cm³/mol. The fraction of sp³-hybridized carbons (Fsp3) is 1.00. The van der Waals surface area contributed by atoms with Crippen molar-refractivity contribution in [2.75, 3.05) is 6.61 Å². The summed E-state index contributed by atoms with van der Waals surface area (Å²) in [6.07, 6.45) is 5.61. The number of rotatable bonds is 3. The first-order valence-electron chi connectivity index (χ1n) is 4.76. The molecule has 0 aromatic carbocycles. The molecule has 1 aliphatic heterocycles. The molecule has 1 fully saturated rings. The Kier molecular flexibility index (Phi) is 2.94. The van der Waals surface area contributed by atoms with Crippen molar-refractivity contribution in [1.29, 1.82) is 0 Å². The molecule has 1 aliphatic rings. The Morgan fingerprint density at radius 3 is 2.64 bits per heavy atom. The molecular weight excluding hydrogens is 136 g/mol. The Balaban J connectivity index is 2.28. The third-order valence-electron chi connectivity index (χ3n) is 2.76. The van der Waals surface area contributed by atoms with Crippen molar-refractivity contribution < 1.29 is 4.74 Å². The Morgan fingerprint density at radius 2 is 2.18 bits per heavy atom. The van der Waals surface area contributed by atoms with E-state index in [1.807, 2.05) is 0 Å². The zero-order valence-corrected chi connectivity index (χ0v) is 8.02. The summed E-state index contributed by atoms with van der Waals surface area (Å²) in [5.74, 6) is 0. The molecule has 0 radical (unpaired) electrons. The van der Waals surface area contributed by atoms with Crippen molar-refractivity contribution >= 4 is 0 Å². The molecule has 1 heteroatoms. The zero-order chi connectivity index (χ0) is 8.32. The van der Waals surface area contributed by atoms with Crippen molar-refractivity contribution in [3.05, 3.63) is 0 Å². The fourth-order valence-corrected chi connectivity index (χ4v) is 1.57. The summed E-state index contributed by atoms with van der Waals surface area (Å²) in [6.45, 7) is 7.91. The second-order valence-electron chi connectivity index (χ2n) is 4.36. The van der Waals surface area contributed by atoms with Crippen LogP contribution in [0.4, 0.5) is 0 Å². The Labute approximate surface area is 70.1 Å². The van der Waals surface area contributed by atoms with E-state index in [4.69, 9.17) is 4.74 Å². The largest absolute Gasteiger partial charge is 0.378 e. The van der Waals surface area contributed by atoms with Crippen LogP contribution in [0.25, 0.3) is 0 Å². The number of hydrogen-bond acceptors (Lipinski definition) is 1. The molecule has 1 heterocycles. The standard InChI is InChI=1S/C10H20O/c1-4-10(2,3)8-9-6-5-7-11-9/h9H,4-8H2,1-3H3. The molecule has 1 nitrogen and oxygen atoms in total. The van der Waals surface area contributed by atoms with Gasteiger partial charge in [-0.25, -0.2) is 0 Å². The topological polar surface area (TPSA) is 9.23 Å². The van der Waals surface area contributed by atoms with Crippen molar-refractivity contribution in [2.24, 2.45) is 5.41 Å². The van der Waals surface area contributed by atoms with Crippen LogP contribution >= 0.6 is 0 Å². The molecule has 0 aromatic heterocycles. The van der Waals surface area contributed by atoms with Crippen molar-refractivity contribution in [3.63, 3.8) is 0 Å². The first kappa shape index (κ1) is 9.05. The quantitative estimate of drug-likeness (QED) is 0.610. The lowest BCUT2D eigenvalue weighted by Gasteiger charge is -2.25. The molecule has 0 amide bonds.